The summed E-state index contributed by atoms with van der Waals surface area (Å²) in [6.07, 6.45) is 6.41. The fraction of sp³-hybridized carbons (Fsp3) is 0.280. The van der Waals surface area contributed by atoms with Crippen LogP contribution in [0.15, 0.2) is 54.1 Å². The molecule has 1 aliphatic rings. The van der Waals surface area contributed by atoms with Crippen molar-refractivity contribution < 1.29 is 14.3 Å². The maximum Gasteiger partial charge on any atom is 0.190 e. The van der Waals surface area contributed by atoms with Gasteiger partial charge in [0, 0.05) is 24.0 Å². The largest absolute Gasteiger partial charge is 0.494 e. The Labute approximate surface area is 183 Å². The molecular weight excluding hydrogens is 390 g/mol. The molecule has 0 atom stereocenters. The normalized spacial score (nSPS) is 13.0. The van der Waals surface area contributed by atoms with E-state index in [1.807, 2.05) is 63.3 Å². The van der Waals surface area contributed by atoms with Crippen LogP contribution in [-0.4, -0.2) is 25.0 Å². The van der Waals surface area contributed by atoms with E-state index in [2.05, 4.69) is 5.32 Å². The Hall–Kier alpha value is -3.54. The lowest BCUT2D eigenvalue weighted by Crippen LogP contribution is -2.22. The molecule has 6 heteroatoms. The molecule has 0 saturated carbocycles. The van der Waals surface area contributed by atoms with Gasteiger partial charge in [0.2, 0.25) is 0 Å². The van der Waals surface area contributed by atoms with Gasteiger partial charge < -0.3 is 20.5 Å². The molecule has 0 aliphatic heterocycles. The van der Waals surface area contributed by atoms with Crippen molar-refractivity contribution >= 4 is 17.4 Å². The van der Waals surface area contributed by atoms with Crippen LogP contribution in [0.3, 0.4) is 0 Å². The van der Waals surface area contributed by atoms with E-state index in [4.69, 9.17) is 20.6 Å². The number of ketones is 1. The van der Waals surface area contributed by atoms with Gasteiger partial charge in [-0.05, 0) is 61.7 Å². The van der Waals surface area contributed by atoms with Crippen molar-refractivity contribution in [2.24, 2.45) is 5.73 Å². The standard InChI is InChI=1S/C25H29N3O3/c1-4-30-20-11-7-9-18(15-20)21-12-16(3)23(28-25(26)27)22(24(21)31-5-2)14-17-8-6-10-19(29)13-17/h6-9,11-13,15H,4-5,10,14H2,1-3H3,(H4,26,27,28). The number of benzene rings is 2. The van der Waals surface area contributed by atoms with Crippen LogP contribution >= 0.6 is 0 Å². The molecule has 2 aromatic carbocycles. The quantitative estimate of drug-likeness (QED) is 0.423. The number of rotatable bonds is 8. The fourth-order valence-corrected chi connectivity index (χ4v) is 3.74. The first-order chi connectivity index (χ1) is 14.9. The molecule has 3 rings (SSSR count). The molecule has 0 radical (unpaired) electrons. The highest BCUT2D eigenvalue weighted by molar-refractivity contribution is 5.95. The number of hydrogen-bond donors (Lipinski definition) is 3. The summed E-state index contributed by atoms with van der Waals surface area (Å²) >= 11 is 0. The molecular formula is C25H29N3O3. The van der Waals surface area contributed by atoms with Crippen LogP contribution in [0.5, 0.6) is 11.5 Å². The van der Waals surface area contributed by atoms with E-state index in [0.29, 0.717) is 31.8 Å². The third kappa shape index (κ3) is 5.34. The molecule has 4 N–H and O–H groups in total. The van der Waals surface area contributed by atoms with Gasteiger partial charge in [-0.1, -0.05) is 24.3 Å². The van der Waals surface area contributed by atoms with Crippen LogP contribution in [0.4, 0.5) is 5.69 Å². The van der Waals surface area contributed by atoms with Crippen molar-refractivity contribution in [1.82, 2.24) is 0 Å². The van der Waals surface area contributed by atoms with Crippen LogP contribution in [-0.2, 0) is 11.2 Å². The van der Waals surface area contributed by atoms with Gasteiger partial charge >= 0.3 is 0 Å². The summed E-state index contributed by atoms with van der Waals surface area (Å²) in [5, 5.41) is 10.7. The molecule has 6 nitrogen and oxygen atoms in total. The van der Waals surface area contributed by atoms with Crippen molar-refractivity contribution in [3.8, 4) is 22.6 Å². The first kappa shape index (κ1) is 22.2. The number of carbonyl (C=O) groups excluding carboxylic acids is 1. The Bertz CT molecular complexity index is 1050. The minimum atomic E-state index is -0.151. The van der Waals surface area contributed by atoms with Gasteiger partial charge in [-0.15, -0.1) is 0 Å². The molecule has 0 saturated heterocycles. The molecule has 0 heterocycles. The van der Waals surface area contributed by atoms with Crippen LogP contribution in [0, 0.1) is 12.3 Å². The Morgan fingerprint density at radius 3 is 2.65 bits per heavy atom. The Kier molecular flexibility index (Phi) is 7.13. The molecule has 0 fully saturated rings. The SMILES string of the molecule is CCOc1cccc(-c2cc(C)c(NC(=N)N)c(CC3=CC(=O)CC=C3)c2OCC)c1. The average Bonchev–Trinajstić information content (AvgIpc) is 2.73. The number of hydrogen-bond acceptors (Lipinski definition) is 4. The minimum Gasteiger partial charge on any atom is -0.494 e. The van der Waals surface area contributed by atoms with Crippen molar-refractivity contribution in [1.29, 1.82) is 5.41 Å². The second-order valence-electron chi connectivity index (χ2n) is 7.33. The topological polar surface area (TPSA) is 97.4 Å². The maximum atomic E-state index is 11.9. The zero-order valence-electron chi connectivity index (χ0n) is 18.2. The number of nitrogens with one attached hydrogen (secondary N) is 2. The lowest BCUT2D eigenvalue weighted by molar-refractivity contribution is -0.113. The van der Waals surface area contributed by atoms with E-state index in [0.717, 1.165) is 39.3 Å². The van der Waals surface area contributed by atoms with Gasteiger partial charge in [0.1, 0.15) is 11.5 Å². The van der Waals surface area contributed by atoms with Crippen molar-refractivity contribution in [2.45, 2.75) is 33.6 Å². The van der Waals surface area contributed by atoms with E-state index >= 15 is 0 Å². The van der Waals surface area contributed by atoms with Crippen LogP contribution in [0.2, 0.25) is 0 Å². The van der Waals surface area contributed by atoms with E-state index in [9.17, 15) is 4.79 Å². The molecule has 1 aliphatic carbocycles. The van der Waals surface area contributed by atoms with E-state index in [-0.39, 0.29) is 11.7 Å². The lowest BCUT2D eigenvalue weighted by Gasteiger charge is -2.23. The van der Waals surface area contributed by atoms with E-state index in [1.165, 1.54) is 0 Å². The monoisotopic (exact) mass is 419 g/mol. The molecule has 31 heavy (non-hydrogen) atoms. The molecule has 0 unspecified atom stereocenters. The highest BCUT2D eigenvalue weighted by atomic mass is 16.5. The first-order valence-corrected chi connectivity index (χ1v) is 10.5. The number of ether oxygens (including phenoxy) is 2. The maximum absolute atomic E-state index is 11.9. The summed E-state index contributed by atoms with van der Waals surface area (Å²) in [5.41, 5.74) is 11.0. The summed E-state index contributed by atoms with van der Waals surface area (Å²) in [7, 11) is 0. The lowest BCUT2D eigenvalue weighted by atomic mass is 9.91. The van der Waals surface area contributed by atoms with E-state index < -0.39 is 0 Å². The molecule has 0 aromatic heterocycles. The third-order valence-corrected chi connectivity index (χ3v) is 4.96. The summed E-state index contributed by atoms with van der Waals surface area (Å²) in [5.74, 6) is 1.42. The minimum absolute atomic E-state index is 0.0776. The second-order valence-corrected chi connectivity index (χ2v) is 7.33. The van der Waals surface area contributed by atoms with E-state index in [1.54, 1.807) is 6.08 Å². The second kappa shape index (κ2) is 9.98. The Balaban J connectivity index is 2.21. The van der Waals surface area contributed by atoms with Gasteiger partial charge in [0.15, 0.2) is 11.7 Å². The van der Waals surface area contributed by atoms with Crippen molar-refractivity contribution in [3.63, 3.8) is 0 Å². The number of allylic oxidation sites excluding steroid dienone is 4. The summed E-state index contributed by atoms with van der Waals surface area (Å²) < 4.78 is 11.8. The van der Waals surface area contributed by atoms with Crippen LogP contribution < -0.4 is 20.5 Å². The van der Waals surface area contributed by atoms with Crippen molar-refractivity contribution in [3.05, 3.63) is 65.3 Å². The number of nitrogens with two attached hydrogens (primary N) is 1. The van der Waals surface area contributed by atoms with Gasteiger partial charge in [-0.25, -0.2) is 0 Å². The first-order valence-electron chi connectivity index (χ1n) is 10.5. The fourth-order valence-electron chi connectivity index (χ4n) is 3.74. The number of aryl methyl sites for hydroxylation is 1. The van der Waals surface area contributed by atoms with Gasteiger partial charge in [0.25, 0.3) is 0 Å². The smallest absolute Gasteiger partial charge is 0.190 e. The Morgan fingerprint density at radius 1 is 1.19 bits per heavy atom. The van der Waals surface area contributed by atoms with Gasteiger partial charge in [-0.2, -0.15) is 0 Å². The van der Waals surface area contributed by atoms with Crippen molar-refractivity contribution in [2.75, 3.05) is 18.5 Å². The Morgan fingerprint density at radius 2 is 1.97 bits per heavy atom. The highest BCUT2D eigenvalue weighted by Gasteiger charge is 2.21. The summed E-state index contributed by atoms with van der Waals surface area (Å²) in [4.78, 5) is 11.9. The zero-order chi connectivity index (χ0) is 22.4. The number of anilines is 1. The van der Waals surface area contributed by atoms with Crippen LogP contribution in [0.1, 0.15) is 31.4 Å². The van der Waals surface area contributed by atoms with Crippen LogP contribution in [0.25, 0.3) is 11.1 Å². The highest BCUT2D eigenvalue weighted by Crippen LogP contribution is 2.42. The third-order valence-electron chi connectivity index (χ3n) is 4.96. The molecule has 162 valence electrons. The number of carbonyl (C=O) groups is 1. The summed E-state index contributed by atoms with van der Waals surface area (Å²) in [6, 6.07) is 9.92. The average molecular weight is 420 g/mol. The predicted molar refractivity (Wildman–Crippen MR) is 125 cm³/mol. The zero-order valence-corrected chi connectivity index (χ0v) is 18.2. The molecule has 0 bridgehead atoms. The molecule has 0 amide bonds. The van der Waals surface area contributed by atoms with Gasteiger partial charge in [0.05, 0.1) is 18.9 Å². The van der Waals surface area contributed by atoms with Gasteiger partial charge in [-0.3, -0.25) is 10.2 Å². The number of guanidine groups is 1. The molecule has 0 spiro atoms. The summed E-state index contributed by atoms with van der Waals surface area (Å²) in [6.45, 7) is 6.92. The molecule has 2 aromatic rings. The predicted octanol–water partition coefficient (Wildman–Crippen LogP) is 4.76.